The SMILES string of the molecule is CC(C)Oc1ccc(C(=O)O)cc1NC(=O)CN1CCCCCCC1=O. The Bertz CT molecular complexity index is 672. The molecule has 26 heavy (non-hydrogen) atoms. The maximum atomic E-state index is 12.4. The van der Waals surface area contributed by atoms with E-state index < -0.39 is 5.97 Å². The number of ether oxygens (including phenoxy) is 1. The number of aromatic carboxylic acids is 1. The fourth-order valence-electron chi connectivity index (χ4n) is 2.86. The average molecular weight is 362 g/mol. The summed E-state index contributed by atoms with van der Waals surface area (Å²) in [5.41, 5.74) is 0.349. The topological polar surface area (TPSA) is 95.9 Å². The number of hydrogen-bond acceptors (Lipinski definition) is 4. The van der Waals surface area contributed by atoms with Gasteiger partial charge in [-0.1, -0.05) is 12.8 Å². The summed E-state index contributed by atoms with van der Waals surface area (Å²) in [5, 5.41) is 11.9. The minimum atomic E-state index is -1.09. The Hall–Kier alpha value is -2.57. The Morgan fingerprint density at radius 2 is 1.96 bits per heavy atom. The van der Waals surface area contributed by atoms with Crippen molar-refractivity contribution >= 4 is 23.5 Å². The maximum Gasteiger partial charge on any atom is 0.335 e. The molecule has 2 N–H and O–H groups in total. The number of likely N-dealkylation sites (tertiary alicyclic amines) is 1. The molecule has 7 heteroatoms. The third kappa shape index (κ3) is 5.75. The van der Waals surface area contributed by atoms with E-state index in [2.05, 4.69) is 5.32 Å². The molecule has 0 spiro atoms. The lowest BCUT2D eigenvalue weighted by Gasteiger charge is -2.24. The number of anilines is 1. The highest BCUT2D eigenvalue weighted by Gasteiger charge is 2.20. The van der Waals surface area contributed by atoms with Crippen LogP contribution in [-0.2, 0) is 9.59 Å². The highest BCUT2D eigenvalue weighted by molar-refractivity contribution is 5.97. The molecule has 1 fully saturated rings. The molecule has 0 aliphatic carbocycles. The molecule has 1 aromatic carbocycles. The normalized spacial score (nSPS) is 15.3. The largest absolute Gasteiger partial charge is 0.489 e. The first kappa shape index (κ1) is 19.8. The van der Waals surface area contributed by atoms with Crippen LogP contribution in [0, 0.1) is 0 Å². The lowest BCUT2D eigenvalue weighted by atomic mass is 10.1. The summed E-state index contributed by atoms with van der Waals surface area (Å²) in [7, 11) is 0. The average Bonchev–Trinajstić information content (AvgIpc) is 2.55. The summed E-state index contributed by atoms with van der Waals surface area (Å²) in [4.78, 5) is 37.4. The Labute approximate surface area is 153 Å². The van der Waals surface area contributed by atoms with Crippen molar-refractivity contribution in [1.82, 2.24) is 4.90 Å². The van der Waals surface area contributed by atoms with Gasteiger partial charge in [-0.2, -0.15) is 0 Å². The van der Waals surface area contributed by atoms with Gasteiger partial charge in [0.15, 0.2) is 0 Å². The van der Waals surface area contributed by atoms with Crippen molar-refractivity contribution in [3.05, 3.63) is 23.8 Å². The molecule has 0 saturated carbocycles. The Morgan fingerprint density at radius 3 is 2.65 bits per heavy atom. The minimum absolute atomic E-state index is 0.0159. The van der Waals surface area contributed by atoms with Crippen LogP contribution in [0.1, 0.15) is 56.3 Å². The van der Waals surface area contributed by atoms with Crippen LogP contribution in [0.4, 0.5) is 5.69 Å². The molecule has 0 aromatic heterocycles. The molecular formula is C19H26N2O5. The standard InChI is InChI=1S/C19H26N2O5/c1-13(2)26-16-9-8-14(19(24)25)11-15(16)20-17(22)12-21-10-6-4-3-5-7-18(21)23/h8-9,11,13H,3-7,10,12H2,1-2H3,(H,20,22)(H,24,25). The monoisotopic (exact) mass is 362 g/mol. The van der Waals surface area contributed by atoms with Gasteiger partial charge in [0.1, 0.15) is 5.75 Å². The van der Waals surface area contributed by atoms with Crippen molar-refractivity contribution in [3.8, 4) is 5.75 Å². The molecule has 1 aliphatic rings. The maximum absolute atomic E-state index is 12.4. The van der Waals surface area contributed by atoms with E-state index in [9.17, 15) is 14.4 Å². The van der Waals surface area contributed by atoms with Crippen molar-refractivity contribution in [1.29, 1.82) is 0 Å². The van der Waals surface area contributed by atoms with E-state index in [0.29, 0.717) is 24.4 Å². The van der Waals surface area contributed by atoms with E-state index in [-0.39, 0.29) is 30.0 Å². The van der Waals surface area contributed by atoms with Crippen molar-refractivity contribution in [2.24, 2.45) is 0 Å². The van der Waals surface area contributed by atoms with Crippen LogP contribution >= 0.6 is 0 Å². The summed E-state index contributed by atoms with van der Waals surface area (Å²) >= 11 is 0. The second-order valence-electron chi connectivity index (χ2n) is 6.71. The molecule has 1 aliphatic heterocycles. The molecule has 142 valence electrons. The van der Waals surface area contributed by atoms with Gasteiger partial charge in [0.05, 0.1) is 23.9 Å². The van der Waals surface area contributed by atoms with E-state index in [1.165, 1.54) is 18.2 Å². The molecule has 7 nitrogen and oxygen atoms in total. The number of hydrogen-bond donors (Lipinski definition) is 2. The molecule has 1 heterocycles. The number of nitrogens with one attached hydrogen (secondary N) is 1. The van der Waals surface area contributed by atoms with E-state index in [1.807, 2.05) is 13.8 Å². The zero-order valence-electron chi connectivity index (χ0n) is 15.3. The minimum Gasteiger partial charge on any atom is -0.489 e. The molecule has 0 radical (unpaired) electrons. The van der Waals surface area contributed by atoms with E-state index in [0.717, 1.165) is 25.7 Å². The van der Waals surface area contributed by atoms with Gasteiger partial charge in [-0.15, -0.1) is 0 Å². The molecule has 0 atom stereocenters. The first-order valence-electron chi connectivity index (χ1n) is 8.98. The summed E-state index contributed by atoms with van der Waals surface area (Å²) in [6.45, 7) is 4.21. The van der Waals surface area contributed by atoms with Gasteiger partial charge in [-0.05, 0) is 44.9 Å². The third-order valence-electron chi connectivity index (χ3n) is 4.12. The number of carboxylic acid groups (broad SMARTS) is 1. The fraction of sp³-hybridized carbons (Fsp3) is 0.526. The van der Waals surface area contributed by atoms with Gasteiger partial charge in [-0.25, -0.2) is 4.79 Å². The van der Waals surface area contributed by atoms with Gasteiger partial charge >= 0.3 is 5.97 Å². The predicted molar refractivity (Wildman–Crippen MR) is 97.5 cm³/mol. The molecule has 2 amide bonds. The zero-order chi connectivity index (χ0) is 19.1. The molecular weight excluding hydrogens is 336 g/mol. The summed E-state index contributed by atoms with van der Waals surface area (Å²) in [6.07, 6.45) is 4.17. The first-order chi connectivity index (χ1) is 12.4. The highest BCUT2D eigenvalue weighted by Crippen LogP contribution is 2.27. The van der Waals surface area contributed by atoms with Crippen molar-refractivity contribution in [2.45, 2.75) is 52.1 Å². The third-order valence-corrected chi connectivity index (χ3v) is 4.12. The number of rotatable bonds is 6. The number of carbonyl (C=O) groups is 3. The van der Waals surface area contributed by atoms with Crippen LogP contribution in [-0.4, -0.2) is 47.0 Å². The molecule has 2 rings (SSSR count). The highest BCUT2D eigenvalue weighted by atomic mass is 16.5. The lowest BCUT2D eigenvalue weighted by molar-refractivity contribution is -0.135. The first-order valence-corrected chi connectivity index (χ1v) is 8.98. The number of carboxylic acids is 1. The molecule has 0 bridgehead atoms. The van der Waals surface area contributed by atoms with Crippen LogP contribution in [0.5, 0.6) is 5.75 Å². The second-order valence-corrected chi connectivity index (χ2v) is 6.71. The summed E-state index contributed by atoms with van der Waals surface area (Å²) in [5.74, 6) is -1.07. The Balaban J connectivity index is 2.11. The zero-order valence-corrected chi connectivity index (χ0v) is 15.3. The molecule has 1 aromatic rings. The summed E-state index contributed by atoms with van der Waals surface area (Å²) < 4.78 is 5.64. The summed E-state index contributed by atoms with van der Waals surface area (Å²) in [6, 6.07) is 4.32. The fourth-order valence-corrected chi connectivity index (χ4v) is 2.86. The molecule has 0 unspecified atom stereocenters. The van der Waals surface area contributed by atoms with Crippen molar-refractivity contribution < 1.29 is 24.2 Å². The number of benzene rings is 1. The van der Waals surface area contributed by atoms with E-state index in [1.54, 1.807) is 4.90 Å². The van der Waals surface area contributed by atoms with Crippen LogP contribution in [0.15, 0.2) is 18.2 Å². The van der Waals surface area contributed by atoms with Gasteiger partial charge in [-0.3, -0.25) is 9.59 Å². The second kappa shape index (κ2) is 9.22. The van der Waals surface area contributed by atoms with E-state index >= 15 is 0 Å². The quantitative estimate of drug-likeness (QED) is 0.811. The van der Waals surface area contributed by atoms with Crippen molar-refractivity contribution in [2.75, 3.05) is 18.4 Å². The number of amides is 2. The van der Waals surface area contributed by atoms with Crippen molar-refractivity contribution in [3.63, 3.8) is 0 Å². The Morgan fingerprint density at radius 1 is 1.23 bits per heavy atom. The van der Waals surface area contributed by atoms with Gasteiger partial charge in [0.2, 0.25) is 11.8 Å². The van der Waals surface area contributed by atoms with Gasteiger partial charge in [0.25, 0.3) is 0 Å². The van der Waals surface area contributed by atoms with Crippen LogP contribution in [0.25, 0.3) is 0 Å². The lowest BCUT2D eigenvalue weighted by Crippen LogP contribution is -2.39. The van der Waals surface area contributed by atoms with Gasteiger partial charge < -0.3 is 20.1 Å². The predicted octanol–water partition coefficient (Wildman–Crippen LogP) is 2.90. The van der Waals surface area contributed by atoms with Crippen LogP contribution in [0.3, 0.4) is 0 Å². The molecule has 1 saturated heterocycles. The van der Waals surface area contributed by atoms with Crippen LogP contribution < -0.4 is 10.1 Å². The van der Waals surface area contributed by atoms with Crippen LogP contribution in [0.2, 0.25) is 0 Å². The Kier molecular flexibility index (Phi) is 7.00. The number of carbonyl (C=O) groups excluding carboxylic acids is 2. The number of nitrogens with zero attached hydrogens (tertiary/aromatic N) is 1. The van der Waals surface area contributed by atoms with Gasteiger partial charge in [0, 0.05) is 13.0 Å². The smallest absolute Gasteiger partial charge is 0.335 e. The van der Waals surface area contributed by atoms with E-state index in [4.69, 9.17) is 9.84 Å².